The lowest BCUT2D eigenvalue weighted by Gasteiger charge is -2.20. The van der Waals surface area contributed by atoms with Crippen LogP contribution in [-0.4, -0.2) is 32.7 Å². The molecule has 1 saturated heterocycles. The van der Waals surface area contributed by atoms with Gasteiger partial charge in [0, 0.05) is 31.4 Å². The van der Waals surface area contributed by atoms with Gasteiger partial charge in [0.1, 0.15) is 5.69 Å². The Kier molecular flexibility index (Phi) is 5.24. The molecular weight excluding hydrogens is 356 g/mol. The fourth-order valence-electron chi connectivity index (χ4n) is 3.14. The van der Waals surface area contributed by atoms with Gasteiger partial charge in [-0.3, -0.25) is 10.1 Å². The number of hydrogen-bond donors (Lipinski definition) is 1. The Morgan fingerprint density at radius 1 is 1.23 bits per heavy atom. The minimum atomic E-state index is -3.50. The van der Waals surface area contributed by atoms with Gasteiger partial charge in [0.05, 0.1) is 15.9 Å². The van der Waals surface area contributed by atoms with Crippen molar-refractivity contribution in [2.45, 2.75) is 17.4 Å². The van der Waals surface area contributed by atoms with Gasteiger partial charge in [-0.1, -0.05) is 30.3 Å². The number of nitro benzene ring substituents is 1. The molecule has 0 spiro atoms. The van der Waals surface area contributed by atoms with Crippen LogP contribution < -0.4 is 5.32 Å². The van der Waals surface area contributed by atoms with Crippen molar-refractivity contribution in [1.29, 1.82) is 0 Å². The van der Waals surface area contributed by atoms with Crippen molar-refractivity contribution in [3.8, 4) is 0 Å². The Morgan fingerprint density at radius 2 is 1.96 bits per heavy atom. The predicted octanol–water partition coefficient (Wildman–Crippen LogP) is 3.19. The third-order valence-electron chi connectivity index (χ3n) is 4.49. The summed E-state index contributed by atoms with van der Waals surface area (Å²) in [5.74, 6) is 0.173. The summed E-state index contributed by atoms with van der Waals surface area (Å²) in [6, 6.07) is 13.8. The minimum absolute atomic E-state index is 0.0574. The second-order valence-electron chi connectivity index (χ2n) is 6.34. The SMILES string of the molecule is CS(=O)(=O)c1ccc(NCC2CCOC2c2ccccc2)c([N+](=O)[O-])c1. The van der Waals surface area contributed by atoms with Crippen molar-refractivity contribution in [2.75, 3.05) is 24.7 Å². The van der Waals surface area contributed by atoms with Crippen molar-refractivity contribution >= 4 is 21.2 Å². The number of benzene rings is 2. The second-order valence-corrected chi connectivity index (χ2v) is 8.36. The van der Waals surface area contributed by atoms with Crippen LogP contribution in [0.25, 0.3) is 0 Å². The van der Waals surface area contributed by atoms with E-state index >= 15 is 0 Å². The molecule has 1 aliphatic heterocycles. The highest BCUT2D eigenvalue weighted by molar-refractivity contribution is 7.90. The van der Waals surface area contributed by atoms with E-state index in [-0.39, 0.29) is 22.6 Å². The lowest BCUT2D eigenvalue weighted by atomic mass is 9.95. The first-order valence-corrected chi connectivity index (χ1v) is 10.1. The molecule has 2 aromatic rings. The zero-order valence-electron chi connectivity index (χ0n) is 14.3. The molecule has 0 radical (unpaired) electrons. The van der Waals surface area contributed by atoms with Crippen LogP contribution in [0.1, 0.15) is 18.1 Å². The van der Waals surface area contributed by atoms with Crippen LogP contribution >= 0.6 is 0 Å². The van der Waals surface area contributed by atoms with Crippen molar-refractivity contribution in [3.63, 3.8) is 0 Å². The number of anilines is 1. The first-order valence-electron chi connectivity index (χ1n) is 8.25. The van der Waals surface area contributed by atoms with Crippen molar-refractivity contribution in [3.05, 3.63) is 64.2 Å². The Balaban J connectivity index is 1.78. The van der Waals surface area contributed by atoms with Gasteiger partial charge in [-0.05, 0) is 24.1 Å². The number of hydrogen-bond acceptors (Lipinski definition) is 6. The lowest BCUT2D eigenvalue weighted by molar-refractivity contribution is -0.384. The van der Waals surface area contributed by atoms with E-state index in [0.29, 0.717) is 18.8 Å². The van der Waals surface area contributed by atoms with Gasteiger partial charge in [0.2, 0.25) is 0 Å². The summed E-state index contributed by atoms with van der Waals surface area (Å²) in [6.45, 7) is 1.14. The fraction of sp³-hybridized carbons (Fsp3) is 0.333. The van der Waals surface area contributed by atoms with Gasteiger partial charge in [0.15, 0.2) is 9.84 Å². The molecule has 1 fully saturated rings. The summed E-state index contributed by atoms with van der Waals surface area (Å²) in [5.41, 5.74) is 1.14. The molecule has 0 amide bonds. The van der Waals surface area contributed by atoms with Gasteiger partial charge >= 0.3 is 0 Å². The van der Waals surface area contributed by atoms with Crippen LogP contribution in [0.5, 0.6) is 0 Å². The van der Waals surface area contributed by atoms with Crippen LogP contribution in [0.15, 0.2) is 53.4 Å². The van der Waals surface area contributed by atoms with E-state index in [1.165, 1.54) is 12.1 Å². The molecular formula is C18H20N2O5S. The maximum Gasteiger partial charge on any atom is 0.293 e. The Morgan fingerprint density at radius 3 is 2.62 bits per heavy atom. The number of nitro groups is 1. The van der Waals surface area contributed by atoms with Gasteiger partial charge < -0.3 is 10.1 Å². The summed E-state index contributed by atoms with van der Waals surface area (Å²) >= 11 is 0. The number of nitrogens with zero attached hydrogens (tertiary/aromatic N) is 1. The zero-order chi connectivity index (χ0) is 18.7. The minimum Gasteiger partial charge on any atom is -0.379 e. The monoisotopic (exact) mass is 376 g/mol. The number of ether oxygens (including phenoxy) is 1. The zero-order valence-corrected chi connectivity index (χ0v) is 15.1. The highest BCUT2D eigenvalue weighted by Crippen LogP contribution is 2.35. The number of rotatable bonds is 6. The Hall–Kier alpha value is -2.45. The molecule has 0 saturated carbocycles. The van der Waals surface area contributed by atoms with Gasteiger partial charge in [0.25, 0.3) is 5.69 Å². The Labute approximate surface area is 152 Å². The summed E-state index contributed by atoms with van der Waals surface area (Å²) in [5, 5.41) is 14.4. The molecule has 7 nitrogen and oxygen atoms in total. The largest absolute Gasteiger partial charge is 0.379 e. The third kappa shape index (κ3) is 4.03. The molecule has 138 valence electrons. The normalized spacial score (nSPS) is 20.0. The first-order chi connectivity index (χ1) is 12.4. The molecule has 8 heteroatoms. The molecule has 2 unspecified atom stereocenters. The lowest BCUT2D eigenvalue weighted by Crippen LogP contribution is -2.18. The molecule has 1 aliphatic rings. The molecule has 2 atom stereocenters. The van der Waals surface area contributed by atoms with Gasteiger partial charge in [-0.2, -0.15) is 0 Å². The molecule has 26 heavy (non-hydrogen) atoms. The molecule has 3 rings (SSSR count). The smallest absolute Gasteiger partial charge is 0.293 e. The van der Waals surface area contributed by atoms with Crippen LogP contribution in [0, 0.1) is 16.0 Å². The predicted molar refractivity (Wildman–Crippen MR) is 97.9 cm³/mol. The topological polar surface area (TPSA) is 98.5 Å². The van der Waals surface area contributed by atoms with Crippen LogP contribution in [0.3, 0.4) is 0 Å². The average Bonchev–Trinajstić information content (AvgIpc) is 3.08. The average molecular weight is 376 g/mol. The third-order valence-corrected chi connectivity index (χ3v) is 5.60. The number of sulfone groups is 1. The van der Waals surface area contributed by atoms with Crippen LogP contribution in [0.4, 0.5) is 11.4 Å². The van der Waals surface area contributed by atoms with E-state index in [1.54, 1.807) is 0 Å². The Bertz CT molecular complexity index is 899. The second kappa shape index (κ2) is 7.43. The van der Waals surface area contributed by atoms with E-state index in [1.807, 2.05) is 30.3 Å². The van der Waals surface area contributed by atoms with Crippen LogP contribution in [0.2, 0.25) is 0 Å². The maximum atomic E-state index is 11.6. The maximum absolute atomic E-state index is 11.6. The van der Waals surface area contributed by atoms with Crippen LogP contribution in [-0.2, 0) is 14.6 Å². The quantitative estimate of drug-likeness (QED) is 0.614. The summed E-state index contributed by atoms with van der Waals surface area (Å²) < 4.78 is 29.1. The molecule has 0 bridgehead atoms. The van der Waals surface area contributed by atoms with E-state index < -0.39 is 14.8 Å². The van der Waals surface area contributed by atoms with Gasteiger partial charge in [-0.15, -0.1) is 0 Å². The highest BCUT2D eigenvalue weighted by Gasteiger charge is 2.30. The van der Waals surface area contributed by atoms with Crippen molar-refractivity contribution in [2.24, 2.45) is 5.92 Å². The van der Waals surface area contributed by atoms with E-state index in [0.717, 1.165) is 24.3 Å². The van der Waals surface area contributed by atoms with Crippen molar-refractivity contribution < 1.29 is 18.1 Å². The molecule has 1 N–H and O–H groups in total. The fourth-order valence-corrected chi connectivity index (χ4v) is 3.78. The molecule has 1 heterocycles. The molecule has 2 aromatic carbocycles. The standard InChI is InChI=1S/C18H20N2O5S/c1-26(23,24)15-7-8-16(17(11-15)20(21)22)19-12-14-9-10-25-18(14)13-5-3-2-4-6-13/h2-8,11,14,18-19H,9-10,12H2,1H3. The molecule has 0 aromatic heterocycles. The first kappa shape index (κ1) is 18.3. The van der Waals surface area contributed by atoms with E-state index in [4.69, 9.17) is 4.74 Å². The van der Waals surface area contributed by atoms with E-state index in [2.05, 4.69) is 5.32 Å². The number of nitrogens with one attached hydrogen (secondary N) is 1. The highest BCUT2D eigenvalue weighted by atomic mass is 32.2. The summed E-state index contributed by atoms with van der Waals surface area (Å²) in [7, 11) is -3.50. The van der Waals surface area contributed by atoms with Gasteiger partial charge in [-0.25, -0.2) is 8.42 Å². The molecule has 0 aliphatic carbocycles. The van der Waals surface area contributed by atoms with Crippen molar-refractivity contribution in [1.82, 2.24) is 0 Å². The van der Waals surface area contributed by atoms with E-state index in [9.17, 15) is 18.5 Å². The summed E-state index contributed by atoms with van der Waals surface area (Å²) in [6.07, 6.45) is 1.82. The summed E-state index contributed by atoms with van der Waals surface area (Å²) in [4.78, 5) is 10.7.